The van der Waals surface area contributed by atoms with E-state index in [9.17, 15) is 0 Å². The maximum atomic E-state index is 6.60. The zero-order chi connectivity index (χ0) is 41.5. The van der Waals surface area contributed by atoms with Crippen LogP contribution in [0.2, 0.25) is 0 Å². The summed E-state index contributed by atoms with van der Waals surface area (Å²) in [5.41, 5.74) is 21.7. The molecule has 0 saturated heterocycles. The Morgan fingerprint density at radius 2 is 0.778 bits per heavy atom. The van der Waals surface area contributed by atoms with Crippen molar-refractivity contribution in [3.05, 3.63) is 259 Å². The van der Waals surface area contributed by atoms with Crippen molar-refractivity contribution in [2.45, 2.75) is 5.41 Å². The molecule has 0 N–H and O–H groups in total. The molecule has 1 unspecified atom stereocenters. The van der Waals surface area contributed by atoms with Gasteiger partial charge in [0.2, 0.25) is 0 Å². The number of hydrogen-bond donors (Lipinski definition) is 0. The molecule has 10 aromatic carbocycles. The van der Waals surface area contributed by atoms with E-state index in [0.717, 1.165) is 33.6 Å². The largest absolute Gasteiger partial charge is 0.456 e. The summed E-state index contributed by atoms with van der Waals surface area (Å²) in [6.45, 7) is 0. The standard InChI is InChI=1S/C61H39NO/c1-3-15-40(16-4-1)42-27-31-44(32-28-42)62(45-33-29-43(30-34-45)41-17-5-2-6-18-41)46-35-36-50-48-20-8-7-19-47(48)49-21-9-12-24-53(49)61(56(50)39-46)54-25-13-10-22-51(54)59-55(61)37-38-58-60(59)52-23-11-14-26-57(52)63-58/h1-39H. The first-order chi connectivity index (χ1) is 31.3. The van der Waals surface area contributed by atoms with Gasteiger partial charge in [0, 0.05) is 27.8 Å². The molecule has 0 fully saturated rings. The first kappa shape index (κ1) is 35.5. The minimum atomic E-state index is -0.667. The molecule has 0 aliphatic heterocycles. The number of rotatable bonds is 5. The van der Waals surface area contributed by atoms with Gasteiger partial charge in [-0.15, -0.1) is 0 Å². The number of anilines is 3. The fourth-order valence-electron chi connectivity index (χ4n) is 10.8. The average molecular weight is 802 g/mol. The predicted molar refractivity (Wildman–Crippen MR) is 261 cm³/mol. The summed E-state index contributed by atoms with van der Waals surface area (Å²) in [6.07, 6.45) is 0. The highest BCUT2D eigenvalue weighted by Gasteiger charge is 2.50. The zero-order valence-electron chi connectivity index (χ0n) is 34.4. The molecular weight excluding hydrogens is 763 g/mol. The van der Waals surface area contributed by atoms with Gasteiger partial charge in [-0.3, -0.25) is 0 Å². The lowest BCUT2D eigenvalue weighted by molar-refractivity contribution is 0.668. The second kappa shape index (κ2) is 13.9. The normalized spacial score (nSPS) is 14.4. The topological polar surface area (TPSA) is 16.4 Å². The Hall–Kier alpha value is -8.20. The third-order valence-electron chi connectivity index (χ3n) is 13.5. The molecule has 0 radical (unpaired) electrons. The molecule has 2 aliphatic rings. The Balaban J connectivity index is 1.11. The number of para-hydroxylation sites is 1. The van der Waals surface area contributed by atoms with E-state index >= 15 is 0 Å². The van der Waals surface area contributed by atoms with Gasteiger partial charge in [0.15, 0.2) is 0 Å². The van der Waals surface area contributed by atoms with Crippen molar-refractivity contribution in [1.29, 1.82) is 0 Å². The first-order valence-corrected chi connectivity index (χ1v) is 21.8. The molecule has 1 spiro atoms. The van der Waals surface area contributed by atoms with Crippen LogP contribution in [0.1, 0.15) is 22.3 Å². The summed E-state index contributed by atoms with van der Waals surface area (Å²) in [5.74, 6) is 0. The van der Waals surface area contributed by atoms with Gasteiger partial charge >= 0.3 is 0 Å². The molecule has 1 atom stereocenters. The highest BCUT2D eigenvalue weighted by atomic mass is 16.3. The minimum Gasteiger partial charge on any atom is -0.456 e. The van der Waals surface area contributed by atoms with Crippen molar-refractivity contribution in [2.75, 3.05) is 4.90 Å². The van der Waals surface area contributed by atoms with Gasteiger partial charge in [-0.2, -0.15) is 0 Å². The molecule has 0 bridgehead atoms. The smallest absolute Gasteiger partial charge is 0.136 e. The van der Waals surface area contributed by atoms with Gasteiger partial charge < -0.3 is 9.32 Å². The lowest BCUT2D eigenvalue weighted by atomic mass is 9.65. The van der Waals surface area contributed by atoms with Crippen molar-refractivity contribution in [2.24, 2.45) is 0 Å². The molecule has 294 valence electrons. The first-order valence-electron chi connectivity index (χ1n) is 21.8. The average Bonchev–Trinajstić information content (AvgIpc) is 3.86. The molecule has 0 amide bonds. The Bertz CT molecular complexity index is 3470. The van der Waals surface area contributed by atoms with E-state index in [4.69, 9.17) is 4.42 Å². The van der Waals surface area contributed by atoms with E-state index in [2.05, 4.69) is 241 Å². The maximum absolute atomic E-state index is 6.60. The van der Waals surface area contributed by atoms with Gasteiger partial charge in [-0.25, -0.2) is 0 Å². The number of fused-ring (bicyclic) bond motifs is 16. The highest BCUT2D eigenvalue weighted by Crippen LogP contribution is 2.63. The van der Waals surface area contributed by atoms with Crippen LogP contribution in [-0.2, 0) is 5.41 Å². The third-order valence-corrected chi connectivity index (χ3v) is 13.5. The molecule has 0 saturated carbocycles. The molecule has 2 aliphatic carbocycles. The van der Waals surface area contributed by atoms with E-state index in [1.807, 2.05) is 0 Å². The minimum absolute atomic E-state index is 0.667. The van der Waals surface area contributed by atoms with Gasteiger partial charge in [-0.05, 0) is 126 Å². The summed E-state index contributed by atoms with van der Waals surface area (Å²) in [5, 5.41) is 2.31. The van der Waals surface area contributed by atoms with Crippen LogP contribution in [0.15, 0.2) is 241 Å². The van der Waals surface area contributed by atoms with Gasteiger partial charge in [0.05, 0.1) is 5.41 Å². The third kappa shape index (κ3) is 5.25. The van der Waals surface area contributed by atoms with E-state index in [1.165, 1.54) is 83.3 Å². The molecule has 1 aromatic heterocycles. The summed E-state index contributed by atoms with van der Waals surface area (Å²) >= 11 is 0. The molecule has 2 heteroatoms. The van der Waals surface area contributed by atoms with Gasteiger partial charge in [0.1, 0.15) is 11.2 Å². The Morgan fingerprint density at radius 1 is 0.302 bits per heavy atom. The molecule has 63 heavy (non-hydrogen) atoms. The van der Waals surface area contributed by atoms with E-state index < -0.39 is 5.41 Å². The van der Waals surface area contributed by atoms with Crippen molar-refractivity contribution in [1.82, 2.24) is 0 Å². The quantitative estimate of drug-likeness (QED) is 0.172. The van der Waals surface area contributed by atoms with Crippen molar-refractivity contribution in [3.63, 3.8) is 0 Å². The van der Waals surface area contributed by atoms with Crippen LogP contribution in [0, 0.1) is 0 Å². The zero-order valence-corrected chi connectivity index (χ0v) is 34.4. The van der Waals surface area contributed by atoms with Crippen LogP contribution in [-0.4, -0.2) is 0 Å². The highest BCUT2D eigenvalue weighted by molar-refractivity contribution is 6.16. The Kier molecular flexibility index (Phi) is 7.85. The van der Waals surface area contributed by atoms with Crippen molar-refractivity contribution in [3.8, 4) is 55.6 Å². The second-order valence-corrected chi connectivity index (χ2v) is 16.7. The number of benzene rings is 10. The molecule has 2 nitrogen and oxygen atoms in total. The van der Waals surface area contributed by atoms with E-state index in [0.29, 0.717) is 0 Å². The van der Waals surface area contributed by atoms with Crippen molar-refractivity contribution < 1.29 is 4.42 Å². The molecule has 13 rings (SSSR count). The number of hydrogen-bond acceptors (Lipinski definition) is 2. The SMILES string of the molecule is c1ccc(-c2ccc(N(c3ccc(-c4ccccc4)cc3)c3ccc4c(c3)C3(c5ccccc5-c5ccccc5-4)c4ccccc4-c4c3ccc3oc5ccccc5c43)cc2)cc1. The summed E-state index contributed by atoms with van der Waals surface area (Å²) < 4.78 is 6.60. The Labute approximate surface area is 366 Å². The lowest BCUT2D eigenvalue weighted by Gasteiger charge is -2.36. The Morgan fingerprint density at radius 3 is 1.41 bits per heavy atom. The van der Waals surface area contributed by atoms with E-state index in [-0.39, 0.29) is 0 Å². The molecular formula is C61H39NO. The van der Waals surface area contributed by atoms with Crippen LogP contribution in [0.25, 0.3) is 77.6 Å². The predicted octanol–water partition coefficient (Wildman–Crippen LogP) is 16.4. The number of nitrogens with zero attached hydrogens (tertiary/aromatic N) is 1. The fourth-order valence-corrected chi connectivity index (χ4v) is 10.8. The number of furan rings is 1. The monoisotopic (exact) mass is 801 g/mol. The van der Waals surface area contributed by atoms with Crippen molar-refractivity contribution >= 4 is 39.0 Å². The van der Waals surface area contributed by atoms with E-state index in [1.54, 1.807) is 0 Å². The lowest BCUT2D eigenvalue weighted by Crippen LogP contribution is -2.29. The second-order valence-electron chi connectivity index (χ2n) is 16.7. The maximum Gasteiger partial charge on any atom is 0.136 e. The molecule has 11 aromatic rings. The van der Waals surface area contributed by atoms with Crippen LogP contribution < -0.4 is 4.90 Å². The van der Waals surface area contributed by atoms with Crippen LogP contribution in [0.4, 0.5) is 17.1 Å². The fraction of sp³-hybridized carbons (Fsp3) is 0.0164. The van der Waals surface area contributed by atoms with Gasteiger partial charge in [-0.1, -0.05) is 188 Å². The van der Waals surface area contributed by atoms with Gasteiger partial charge in [0.25, 0.3) is 0 Å². The summed E-state index contributed by atoms with van der Waals surface area (Å²) in [4.78, 5) is 2.43. The summed E-state index contributed by atoms with van der Waals surface area (Å²) in [7, 11) is 0. The van der Waals surface area contributed by atoms with Crippen LogP contribution >= 0.6 is 0 Å². The summed E-state index contributed by atoms with van der Waals surface area (Å²) in [6, 6.07) is 86.7. The van der Waals surface area contributed by atoms with Crippen LogP contribution in [0.5, 0.6) is 0 Å². The van der Waals surface area contributed by atoms with Crippen LogP contribution in [0.3, 0.4) is 0 Å². The molecule has 1 heterocycles.